The van der Waals surface area contributed by atoms with Gasteiger partial charge in [0.05, 0.1) is 12.9 Å². The van der Waals surface area contributed by atoms with Gasteiger partial charge in [-0.1, -0.05) is 23.9 Å². The maximum Gasteiger partial charge on any atom is 0.308 e. The Hall–Kier alpha value is -2.57. The number of aromatic nitrogens is 4. The Bertz CT molecular complexity index is 1040. The highest BCUT2D eigenvalue weighted by Gasteiger charge is 2.44. The quantitative estimate of drug-likeness (QED) is 0.220. The molecule has 11 heteroatoms. The Labute approximate surface area is 175 Å². The van der Waals surface area contributed by atoms with Gasteiger partial charge >= 0.3 is 5.97 Å². The summed E-state index contributed by atoms with van der Waals surface area (Å²) in [6.07, 6.45) is -1.35. The number of benzene rings is 1. The molecule has 1 aliphatic heterocycles. The number of hydrogen-bond acceptors (Lipinski definition) is 10. The van der Waals surface area contributed by atoms with E-state index in [0.29, 0.717) is 27.7 Å². The van der Waals surface area contributed by atoms with E-state index >= 15 is 0 Å². The van der Waals surface area contributed by atoms with Crippen molar-refractivity contribution in [2.75, 3.05) is 6.61 Å². The van der Waals surface area contributed by atoms with Crippen LogP contribution < -0.4 is 4.74 Å². The van der Waals surface area contributed by atoms with E-state index in [1.807, 2.05) is 12.1 Å². The standard InChI is InChI=1S/C19H20N4O6S/c1-10(25)28-12-4-2-11(3-5-12)7-30-18-14-17(20-8-21-18)23(9-22-14)19-16(27)15(26)13(6-24)29-19/h2-5,8-9,13,15-16,19,24,26-27H,6-7H2,1H3/t13-,15-,16-,19-/m1/s1. The van der Waals surface area contributed by atoms with Crippen LogP contribution in [0, 0.1) is 0 Å². The molecule has 3 N–H and O–H groups in total. The number of carbonyl (C=O) groups is 1. The van der Waals surface area contributed by atoms with Gasteiger partial charge in [0, 0.05) is 12.7 Å². The molecule has 0 unspecified atom stereocenters. The number of fused-ring (bicyclic) bond motifs is 1. The van der Waals surface area contributed by atoms with E-state index in [9.17, 15) is 20.1 Å². The van der Waals surface area contributed by atoms with Gasteiger partial charge in [-0.3, -0.25) is 9.36 Å². The summed E-state index contributed by atoms with van der Waals surface area (Å²) in [5, 5.41) is 30.2. The third-order valence-corrected chi connectivity index (χ3v) is 5.73. The second-order valence-corrected chi connectivity index (χ2v) is 7.72. The van der Waals surface area contributed by atoms with Crippen LogP contribution in [0.3, 0.4) is 0 Å². The lowest BCUT2D eigenvalue weighted by molar-refractivity contribution is -0.131. The number of ether oxygens (including phenoxy) is 2. The van der Waals surface area contributed by atoms with Crippen molar-refractivity contribution in [3.05, 3.63) is 42.5 Å². The van der Waals surface area contributed by atoms with Crippen molar-refractivity contribution >= 4 is 28.9 Å². The zero-order valence-electron chi connectivity index (χ0n) is 16.0. The number of rotatable bonds is 6. The number of aliphatic hydroxyl groups is 3. The SMILES string of the molecule is CC(=O)Oc1ccc(CSc2ncnc3c2ncn3[C@@H]2O[C@H](CO)[C@@H](O)[C@H]2O)cc1. The fraction of sp³-hybridized carbons (Fsp3) is 0.368. The van der Waals surface area contributed by atoms with Crippen molar-refractivity contribution in [3.63, 3.8) is 0 Å². The molecule has 4 atom stereocenters. The van der Waals surface area contributed by atoms with Crippen LogP contribution >= 0.6 is 11.8 Å². The predicted molar refractivity (Wildman–Crippen MR) is 106 cm³/mol. The van der Waals surface area contributed by atoms with E-state index < -0.39 is 31.1 Å². The normalized spacial score (nSPS) is 23.7. The summed E-state index contributed by atoms with van der Waals surface area (Å²) >= 11 is 1.46. The summed E-state index contributed by atoms with van der Waals surface area (Å²) < 4.78 is 12.1. The first-order valence-electron chi connectivity index (χ1n) is 9.18. The molecule has 0 amide bonds. The third kappa shape index (κ3) is 4.02. The van der Waals surface area contributed by atoms with Gasteiger partial charge in [0.1, 0.15) is 40.9 Å². The van der Waals surface area contributed by atoms with Gasteiger partial charge in [-0.2, -0.15) is 0 Å². The summed E-state index contributed by atoms with van der Waals surface area (Å²) in [6.45, 7) is 0.942. The first-order valence-corrected chi connectivity index (χ1v) is 10.2. The van der Waals surface area contributed by atoms with E-state index in [4.69, 9.17) is 9.47 Å². The van der Waals surface area contributed by atoms with E-state index in [1.54, 1.807) is 12.1 Å². The smallest absolute Gasteiger partial charge is 0.308 e. The summed E-state index contributed by atoms with van der Waals surface area (Å²) in [6, 6.07) is 7.18. The summed E-state index contributed by atoms with van der Waals surface area (Å²) in [5.74, 6) is 0.718. The average Bonchev–Trinajstić information content (AvgIpc) is 3.28. The molecule has 3 heterocycles. The Morgan fingerprint density at radius 3 is 2.63 bits per heavy atom. The number of hydrogen-bond donors (Lipinski definition) is 3. The van der Waals surface area contributed by atoms with Crippen molar-refractivity contribution in [1.82, 2.24) is 19.5 Å². The number of aliphatic hydroxyl groups excluding tert-OH is 3. The molecule has 0 aliphatic carbocycles. The van der Waals surface area contributed by atoms with Crippen molar-refractivity contribution in [2.24, 2.45) is 0 Å². The summed E-state index contributed by atoms with van der Waals surface area (Å²) in [4.78, 5) is 23.9. The van der Waals surface area contributed by atoms with Crippen LogP contribution in [0.15, 0.2) is 41.9 Å². The fourth-order valence-electron chi connectivity index (χ4n) is 3.20. The minimum Gasteiger partial charge on any atom is -0.427 e. The zero-order chi connectivity index (χ0) is 21.3. The molecule has 10 nitrogen and oxygen atoms in total. The molecule has 158 valence electrons. The van der Waals surface area contributed by atoms with Crippen LogP contribution in [0.5, 0.6) is 5.75 Å². The zero-order valence-corrected chi connectivity index (χ0v) is 16.8. The maximum atomic E-state index is 11.0. The van der Waals surface area contributed by atoms with Crippen molar-refractivity contribution in [1.29, 1.82) is 0 Å². The Morgan fingerprint density at radius 2 is 1.97 bits per heavy atom. The monoisotopic (exact) mass is 432 g/mol. The lowest BCUT2D eigenvalue weighted by Crippen LogP contribution is -2.33. The molecule has 1 aliphatic rings. The predicted octanol–water partition coefficient (Wildman–Crippen LogP) is 0.655. The van der Waals surface area contributed by atoms with Gasteiger partial charge in [-0.05, 0) is 17.7 Å². The number of esters is 1. The molecule has 30 heavy (non-hydrogen) atoms. The molecule has 1 saturated heterocycles. The van der Waals surface area contributed by atoms with Crippen LogP contribution in [0.25, 0.3) is 11.2 Å². The molecule has 4 rings (SSSR count). The molecule has 2 aromatic heterocycles. The molecule has 1 aromatic carbocycles. The molecular formula is C19H20N4O6S. The van der Waals surface area contributed by atoms with Gasteiger partial charge in [-0.25, -0.2) is 15.0 Å². The summed E-state index contributed by atoms with van der Waals surface area (Å²) in [5.41, 5.74) is 2.00. The first-order chi connectivity index (χ1) is 14.5. The molecule has 0 bridgehead atoms. The van der Waals surface area contributed by atoms with Crippen LogP contribution in [0.1, 0.15) is 18.7 Å². The van der Waals surface area contributed by atoms with Crippen LogP contribution in [-0.4, -0.2) is 65.7 Å². The van der Waals surface area contributed by atoms with Gasteiger partial charge < -0.3 is 24.8 Å². The number of nitrogens with zero attached hydrogens (tertiary/aromatic N) is 4. The minimum absolute atomic E-state index is 0.370. The van der Waals surface area contributed by atoms with Crippen molar-refractivity contribution < 1.29 is 29.6 Å². The lowest BCUT2D eigenvalue weighted by Gasteiger charge is -2.16. The highest BCUT2D eigenvalue weighted by Crippen LogP contribution is 2.33. The van der Waals surface area contributed by atoms with Crippen LogP contribution in [0.2, 0.25) is 0 Å². The molecule has 0 radical (unpaired) electrons. The number of carbonyl (C=O) groups excluding carboxylic acids is 1. The van der Waals surface area contributed by atoms with Gasteiger partial charge in [0.25, 0.3) is 0 Å². The molecule has 1 fully saturated rings. The van der Waals surface area contributed by atoms with Crippen molar-refractivity contribution in [2.45, 2.75) is 42.2 Å². The fourth-order valence-corrected chi connectivity index (χ4v) is 4.10. The number of imidazole rings is 1. The highest BCUT2D eigenvalue weighted by atomic mass is 32.2. The second-order valence-electron chi connectivity index (χ2n) is 6.76. The molecular weight excluding hydrogens is 412 g/mol. The Morgan fingerprint density at radius 1 is 1.20 bits per heavy atom. The first kappa shape index (κ1) is 20.7. The topological polar surface area (TPSA) is 140 Å². The molecule has 3 aromatic rings. The Kier molecular flexibility index (Phi) is 5.97. The van der Waals surface area contributed by atoms with Crippen LogP contribution in [0.4, 0.5) is 0 Å². The van der Waals surface area contributed by atoms with Gasteiger partial charge in [-0.15, -0.1) is 0 Å². The van der Waals surface area contributed by atoms with Crippen LogP contribution in [-0.2, 0) is 15.3 Å². The van der Waals surface area contributed by atoms with Gasteiger partial charge in [0.15, 0.2) is 11.9 Å². The highest BCUT2D eigenvalue weighted by molar-refractivity contribution is 7.98. The number of thioether (sulfide) groups is 1. The van der Waals surface area contributed by atoms with E-state index in [-0.39, 0.29) is 5.97 Å². The van der Waals surface area contributed by atoms with E-state index in [1.165, 1.54) is 35.9 Å². The average molecular weight is 432 g/mol. The molecule has 0 spiro atoms. The van der Waals surface area contributed by atoms with Gasteiger partial charge in [0.2, 0.25) is 0 Å². The van der Waals surface area contributed by atoms with E-state index in [2.05, 4.69) is 15.0 Å². The molecule has 0 saturated carbocycles. The Balaban J connectivity index is 1.52. The minimum atomic E-state index is -1.22. The lowest BCUT2D eigenvalue weighted by atomic mass is 10.1. The third-order valence-electron chi connectivity index (χ3n) is 4.68. The maximum absolute atomic E-state index is 11.0. The largest absolute Gasteiger partial charge is 0.427 e. The second kappa shape index (κ2) is 8.66. The van der Waals surface area contributed by atoms with Crippen molar-refractivity contribution in [3.8, 4) is 5.75 Å². The van der Waals surface area contributed by atoms with E-state index in [0.717, 1.165) is 5.56 Å². The summed E-state index contributed by atoms with van der Waals surface area (Å²) in [7, 11) is 0.